The van der Waals surface area contributed by atoms with Crippen molar-refractivity contribution >= 4 is 66.5 Å². The molecule has 0 atom stereocenters. The molecule has 0 bridgehead atoms. The van der Waals surface area contributed by atoms with E-state index in [0.717, 1.165) is 11.3 Å². The molecule has 0 aliphatic carbocycles. The number of carbonyl (C=O) groups excluding carboxylic acids is 2. The molecule has 0 saturated carbocycles. The van der Waals surface area contributed by atoms with Crippen LogP contribution < -0.4 is 10.6 Å². The molecule has 174 valence electrons. The first-order valence-corrected chi connectivity index (χ1v) is 13.7. The number of aromatic nitrogens is 3. The number of morpholine rings is 1. The molecule has 4 rings (SSSR count). The lowest BCUT2D eigenvalue weighted by molar-refractivity contribution is -0.113. The highest BCUT2D eigenvalue weighted by Gasteiger charge is 2.26. The maximum absolute atomic E-state index is 12.7. The van der Waals surface area contributed by atoms with Crippen molar-refractivity contribution in [1.29, 1.82) is 0 Å². The maximum atomic E-state index is 12.7. The van der Waals surface area contributed by atoms with Crippen molar-refractivity contribution in [2.45, 2.75) is 9.24 Å². The van der Waals surface area contributed by atoms with Crippen LogP contribution in [0.1, 0.15) is 10.4 Å². The molecule has 1 aliphatic heterocycles. The Hall–Kier alpha value is -2.43. The number of thioether (sulfide) groups is 1. The lowest BCUT2D eigenvalue weighted by atomic mass is 10.2. The van der Waals surface area contributed by atoms with Crippen molar-refractivity contribution < 1.29 is 22.7 Å². The first kappa shape index (κ1) is 23.7. The van der Waals surface area contributed by atoms with E-state index in [-0.39, 0.29) is 27.3 Å². The van der Waals surface area contributed by atoms with Crippen LogP contribution in [0, 0.1) is 0 Å². The van der Waals surface area contributed by atoms with E-state index in [0.29, 0.717) is 35.8 Å². The SMILES string of the molecule is O=C(CSc1nnc(NC(=O)c2ccc(S(=O)(=O)N3CCOCC3)cc2)s1)Nc1nccs1. The normalized spacial score (nSPS) is 14.7. The topological polar surface area (TPSA) is 143 Å². The zero-order valence-corrected chi connectivity index (χ0v) is 20.2. The van der Waals surface area contributed by atoms with E-state index < -0.39 is 15.9 Å². The number of anilines is 2. The van der Waals surface area contributed by atoms with E-state index in [1.165, 1.54) is 51.7 Å². The largest absolute Gasteiger partial charge is 0.379 e. The Kier molecular flexibility index (Phi) is 7.67. The predicted octanol–water partition coefficient (Wildman–Crippen LogP) is 2.00. The van der Waals surface area contributed by atoms with Gasteiger partial charge in [-0.15, -0.1) is 21.5 Å². The first-order valence-electron chi connectivity index (χ1n) is 9.57. The summed E-state index contributed by atoms with van der Waals surface area (Å²) in [5, 5.41) is 15.7. The van der Waals surface area contributed by atoms with Crippen molar-refractivity contribution in [1.82, 2.24) is 19.5 Å². The van der Waals surface area contributed by atoms with Crippen molar-refractivity contribution in [3.63, 3.8) is 0 Å². The third kappa shape index (κ3) is 6.13. The van der Waals surface area contributed by atoms with Gasteiger partial charge in [0.1, 0.15) is 0 Å². The lowest BCUT2D eigenvalue weighted by Crippen LogP contribution is -2.40. The monoisotopic (exact) mass is 526 g/mol. The molecule has 1 fully saturated rings. The van der Waals surface area contributed by atoms with E-state index >= 15 is 0 Å². The number of amides is 2. The number of rotatable bonds is 8. The Morgan fingerprint density at radius 1 is 1.09 bits per heavy atom. The quantitative estimate of drug-likeness (QED) is 0.333. The molecule has 3 aromatic rings. The van der Waals surface area contributed by atoms with E-state index in [4.69, 9.17) is 4.74 Å². The minimum atomic E-state index is -3.63. The van der Waals surface area contributed by atoms with Gasteiger partial charge in [-0.05, 0) is 24.3 Å². The number of thiazole rings is 1. The van der Waals surface area contributed by atoms with Crippen LogP contribution in [-0.4, -0.2) is 71.8 Å². The van der Waals surface area contributed by atoms with Gasteiger partial charge in [-0.1, -0.05) is 23.1 Å². The second kappa shape index (κ2) is 10.7. The summed E-state index contributed by atoms with van der Waals surface area (Å²) in [5.74, 6) is -0.538. The van der Waals surface area contributed by atoms with Crippen LogP contribution in [0.15, 0.2) is 45.1 Å². The number of hydrogen-bond donors (Lipinski definition) is 2. The third-order valence-corrected chi connectivity index (χ3v) is 8.93. The smallest absolute Gasteiger partial charge is 0.257 e. The summed E-state index contributed by atoms with van der Waals surface area (Å²) < 4.78 is 32.4. The standard InChI is InChI=1S/C18H18N6O5S4/c25-14(20-16-19-5-10-30-16)11-31-18-23-22-17(32-18)21-15(26)12-1-3-13(4-2-12)33(27,28)24-6-8-29-9-7-24/h1-5,10H,6-9,11H2,(H,19,20,25)(H,21,22,26). The Bertz CT molecular complexity index is 1210. The van der Waals surface area contributed by atoms with Crippen LogP contribution in [0.2, 0.25) is 0 Å². The highest BCUT2D eigenvalue weighted by atomic mass is 32.2. The summed E-state index contributed by atoms with van der Waals surface area (Å²) in [5.41, 5.74) is 0.281. The molecule has 0 unspecified atom stereocenters. The molecule has 1 saturated heterocycles. The summed E-state index contributed by atoms with van der Waals surface area (Å²) in [4.78, 5) is 28.5. The number of carbonyl (C=O) groups is 2. The Balaban J connectivity index is 1.31. The summed E-state index contributed by atoms with van der Waals surface area (Å²) >= 11 is 3.65. The number of benzene rings is 1. The molecule has 1 aliphatic rings. The van der Waals surface area contributed by atoms with Gasteiger partial charge in [-0.25, -0.2) is 13.4 Å². The Morgan fingerprint density at radius 2 is 1.85 bits per heavy atom. The van der Waals surface area contributed by atoms with E-state index in [1.807, 2.05) is 0 Å². The summed E-state index contributed by atoms with van der Waals surface area (Å²) in [6, 6.07) is 5.70. The predicted molar refractivity (Wildman–Crippen MR) is 125 cm³/mol. The molecule has 1 aromatic carbocycles. The fourth-order valence-corrected chi connectivity index (χ4v) is 6.27. The van der Waals surface area contributed by atoms with Crippen LogP contribution in [0.5, 0.6) is 0 Å². The number of nitrogens with zero attached hydrogens (tertiary/aromatic N) is 4. The number of ether oxygens (including phenoxy) is 1. The minimum absolute atomic E-state index is 0.117. The molecule has 2 aromatic heterocycles. The van der Waals surface area contributed by atoms with Crippen LogP contribution in [-0.2, 0) is 19.6 Å². The van der Waals surface area contributed by atoms with Crippen LogP contribution >= 0.6 is 34.4 Å². The van der Waals surface area contributed by atoms with Crippen LogP contribution in [0.3, 0.4) is 0 Å². The molecule has 15 heteroatoms. The van der Waals surface area contributed by atoms with Crippen LogP contribution in [0.25, 0.3) is 0 Å². The zero-order chi connectivity index (χ0) is 23.3. The van der Waals surface area contributed by atoms with Gasteiger partial charge in [0.2, 0.25) is 21.1 Å². The van der Waals surface area contributed by atoms with Gasteiger partial charge < -0.3 is 10.1 Å². The fraction of sp³-hybridized carbons (Fsp3) is 0.278. The highest BCUT2D eigenvalue weighted by Crippen LogP contribution is 2.26. The number of nitrogens with one attached hydrogen (secondary N) is 2. The summed E-state index contributed by atoms with van der Waals surface area (Å²) in [6.45, 7) is 1.32. The van der Waals surface area contributed by atoms with Gasteiger partial charge in [0.15, 0.2) is 9.47 Å². The molecular formula is C18H18N6O5S4. The second-order valence-corrected chi connectivity index (χ2v) is 11.6. The highest BCUT2D eigenvalue weighted by molar-refractivity contribution is 8.01. The summed E-state index contributed by atoms with van der Waals surface area (Å²) in [6.07, 6.45) is 1.60. The van der Waals surface area contributed by atoms with Gasteiger partial charge in [-0.3, -0.25) is 14.9 Å². The fourth-order valence-electron chi connectivity index (χ4n) is 2.77. The van der Waals surface area contributed by atoms with Crippen molar-refractivity contribution in [3.8, 4) is 0 Å². The van der Waals surface area contributed by atoms with E-state index in [1.54, 1.807) is 11.6 Å². The van der Waals surface area contributed by atoms with Gasteiger partial charge in [0, 0.05) is 30.2 Å². The molecule has 3 heterocycles. The maximum Gasteiger partial charge on any atom is 0.257 e. The molecule has 2 amide bonds. The van der Waals surface area contributed by atoms with Crippen LogP contribution in [0.4, 0.5) is 10.3 Å². The third-order valence-electron chi connectivity index (χ3n) is 4.36. The van der Waals surface area contributed by atoms with Crippen molar-refractivity contribution in [2.24, 2.45) is 0 Å². The van der Waals surface area contributed by atoms with E-state index in [2.05, 4.69) is 25.8 Å². The first-order chi connectivity index (χ1) is 15.9. The molecule has 2 N–H and O–H groups in total. The number of sulfonamides is 1. The van der Waals surface area contributed by atoms with Gasteiger partial charge in [0.25, 0.3) is 5.91 Å². The van der Waals surface area contributed by atoms with Gasteiger partial charge in [-0.2, -0.15) is 4.31 Å². The van der Waals surface area contributed by atoms with E-state index in [9.17, 15) is 18.0 Å². The molecular weight excluding hydrogens is 509 g/mol. The number of hydrogen-bond acceptors (Lipinski definition) is 11. The molecule has 11 nitrogen and oxygen atoms in total. The lowest BCUT2D eigenvalue weighted by Gasteiger charge is -2.26. The van der Waals surface area contributed by atoms with Gasteiger partial charge >= 0.3 is 0 Å². The molecule has 0 spiro atoms. The van der Waals surface area contributed by atoms with Crippen molar-refractivity contribution in [3.05, 3.63) is 41.4 Å². The van der Waals surface area contributed by atoms with Gasteiger partial charge in [0.05, 0.1) is 23.9 Å². The minimum Gasteiger partial charge on any atom is -0.379 e. The average Bonchev–Trinajstić information content (AvgIpc) is 3.50. The Morgan fingerprint density at radius 3 is 2.55 bits per heavy atom. The second-order valence-electron chi connectivity index (χ2n) is 6.54. The zero-order valence-electron chi connectivity index (χ0n) is 17.0. The Labute approximate surface area is 201 Å². The average molecular weight is 527 g/mol. The molecule has 0 radical (unpaired) electrons. The molecule has 33 heavy (non-hydrogen) atoms. The van der Waals surface area contributed by atoms with Crippen molar-refractivity contribution in [2.75, 3.05) is 42.7 Å². The summed E-state index contributed by atoms with van der Waals surface area (Å²) in [7, 11) is -3.63.